The maximum absolute atomic E-state index is 12.8. The van der Waals surface area contributed by atoms with Gasteiger partial charge >= 0.3 is 0 Å². The molecular weight excluding hydrogens is 183 g/mol. The molecule has 2 heterocycles. The van der Waals surface area contributed by atoms with Gasteiger partial charge in [-0.3, -0.25) is 4.79 Å². The van der Waals surface area contributed by atoms with E-state index in [9.17, 15) is 9.18 Å². The van der Waals surface area contributed by atoms with Gasteiger partial charge in [0.05, 0.1) is 5.56 Å². The van der Waals surface area contributed by atoms with Crippen molar-refractivity contribution in [1.82, 2.24) is 9.72 Å². The van der Waals surface area contributed by atoms with Crippen molar-refractivity contribution in [2.75, 3.05) is 7.05 Å². The molecule has 3 nitrogen and oxygen atoms in total. The van der Waals surface area contributed by atoms with E-state index < -0.39 is 0 Å². The SMILES string of the molecule is CNC(=O)c1cc2cc(F)ccn2c1. The maximum atomic E-state index is 12.8. The van der Waals surface area contributed by atoms with Crippen LogP contribution in [-0.4, -0.2) is 17.4 Å². The standard InChI is InChI=1S/C10H9FN2O/c1-12-10(14)7-4-9-5-8(11)2-3-13(9)6-7/h2-6H,1H3,(H,12,14). The third-order valence-corrected chi connectivity index (χ3v) is 2.05. The van der Waals surface area contributed by atoms with E-state index in [1.165, 1.54) is 12.1 Å². The molecule has 0 bridgehead atoms. The third-order valence-electron chi connectivity index (χ3n) is 2.05. The van der Waals surface area contributed by atoms with Crippen LogP contribution in [0.1, 0.15) is 10.4 Å². The number of rotatable bonds is 1. The summed E-state index contributed by atoms with van der Waals surface area (Å²) in [6.45, 7) is 0. The van der Waals surface area contributed by atoms with E-state index in [-0.39, 0.29) is 11.7 Å². The van der Waals surface area contributed by atoms with Crippen LogP contribution in [-0.2, 0) is 0 Å². The lowest BCUT2D eigenvalue weighted by Crippen LogP contribution is -2.16. The number of nitrogens with one attached hydrogen (secondary N) is 1. The first-order valence-corrected chi connectivity index (χ1v) is 4.20. The van der Waals surface area contributed by atoms with Gasteiger partial charge in [0.2, 0.25) is 0 Å². The number of nitrogens with zero attached hydrogens (tertiary/aromatic N) is 1. The third kappa shape index (κ3) is 1.35. The van der Waals surface area contributed by atoms with E-state index in [2.05, 4.69) is 5.32 Å². The van der Waals surface area contributed by atoms with Crippen LogP contribution in [0.4, 0.5) is 4.39 Å². The fourth-order valence-corrected chi connectivity index (χ4v) is 1.35. The van der Waals surface area contributed by atoms with Crippen molar-refractivity contribution < 1.29 is 9.18 Å². The van der Waals surface area contributed by atoms with Gasteiger partial charge in [0.15, 0.2) is 0 Å². The lowest BCUT2D eigenvalue weighted by molar-refractivity contribution is 0.0963. The average molecular weight is 192 g/mol. The molecule has 0 saturated carbocycles. The van der Waals surface area contributed by atoms with Crippen LogP contribution >= 0.6 is 0 Å². The number of halogens is 1. The van der Waals surface area contributed by atoms with Crippen molar-refractivity contribution in [2.24, 2.45) is 0 Å². The second kappa shape index (κ2) is 3.14. The maximum Gasteiger partial charge on any atom is 0.252 e. The summed E-state index contributed by atoms with van der Waals surface area (Å²) in [6, 6.07) is 4.37. The van der Waals surface area contributed by atoms with E-state index in [0.29, 0.717) is 11.1 Å². The number of hydrogen-bond donors (Lipinski definition) is 1. The summed E-state index contributed by atoms with van der Waals surface area (Å²) in [5.41, 5.74) is 1.20. The lowest BCUT2D eigenvalue weighted by atomic mass is 10.3. The predicted octanol–water partition coefficient (Wildman–Crippen LogP) is 1.44. The van der Waals surface area contributed by atoms with Crippen LogP contribution in [0.5, 0.6) is 0 Å². The monoisotopic (exact) mass is 192 g/mol. The van der Waals surface area contributed by atoms with Gasteiger partial charge in [-0.2, -0.15) is 0 Å². The Labute approximate surface area is 80.2 Å². The van der Waals surface area contributed by atoms with Crippen LogP contribution < -0.4 is 5.32 Å². The Morgan fingerprint density at radius 1 is 1.50 bits per heavy atom. The van der Waals surface area contributed by atoms with E-state index >= 15 is 0 Å². The summed E-state index contributed by atoms with van der Waals surface area (Å²) < 4.78 is 14.5. The largest absolute Gasteiger partial charge is 0.355 e. The molecule has 4 heteroatoms. The van der Waals surface area contributed by atoms with Crippen molar-refractivity contribution in [3.63, 3.8) is 0 Å². The molecule has 0 spiro atoms. The number of fused-ring (bicyclic) bond motifs is 1. The minimum atomic E-state index is -0.306. The minimum absolute atomic E-state index is 0.172. The van der Waals surface area contributed by atoms with E-state index in [0.717, 1.165) is 0 Å². The molecule has 0 aliphatic rings. The molecule has 0 saturated heterocycles. The molecule has 0 aliphatic carbocycles. The van der Waals surface area contributed by atoms with Crippen molar-refractivity contribution in [3.8, 4) is 0 Å². The first-order valence-electron chi connectivity index (χ1n) is 4.20. The Hall–Kier alpha value is -1.84. The zero-order valence-corrected chi connectivity index (χ0v) is 7.62. The van der Waals surface area contributed by atoms with Gasteiger partial charge in [-0.1, -0.05) is 0 Å². The van der Waals surface area contributed by atoms with Gasteiger partial charge < -0.3 is 9.72 Å². The molecule has 2 rings (SSSR count). The topological polar surface area (TPSA) is 33.5 Å². The highest BCUT2D eigenvalue weighted by Crippen LogP contribution is 2.11. The molecule has 2 aromatic rings. The summed E-state index contributed by atoms with van der Waals surface area (Å²) >= 11 is 0. The number of pyridine rings is 1. The molecular formula is C10H9FN2O. The van der Waals surface area contributed by atoms with Crippen molar-refractivity contribution in [1.29, 1.82) is 0 Å². The number of hydrogen-bond acceptors (Lipinski definition) is 1. The van der Waals surface area contributed by atoms with Crippen LogP contribution in [0.25, 0.3) is 5.52 Å². The molecule has 1 amide bonds. The van der Waals surface area contributed by atoms with Gasteiger partial charge in [-0.05, 0) is 18.2 Å². The molecule has 2 aromatic heterocycles. The number of aromatic nitrogens is 1. The summed E-state index contributed by atoms with van der Waals surface area (Å²) in [4.78, 5) is 11.2. The normalized spacial score (nSPS) is 10.4. The predicted molar refractivity (Wildman–Crippen MR) is 50.7 cm³/mol. The van der Waals surface area contributed by atoms with E-state index in [1.807, 2.05) is 0 Å². The Morgan fingerprint density at radius 2 is 2.29 bits per heavy atom. The number of carbonyl (C=O) groups excluding carboxylic acids is 1. The Kier molecular flexibility index (Phi) is 1.96. The second-order valence-corrected chi connectivity index (χ2v) is 2.98. The quantitative estimate of drug-likeness (QED) is 0.728. The van der Waals surface area contributed by atoms with Crippen LogP contribution in [0, 0.1) is 5.82 Å². The number of carbonyl (C=O) groups is 1. The van der Waals surface area contributed by atoms with Crippen molar-refractivity contribution >= 4 is 11.4 Å². The second-order valence-electron chi connectivity index (χ2n) is 2.98. The number of amides is 1. The molecule has 0 fully saturated rings. The first-order chi connectivity index (χ1) is 6.70. The lowest BCUT2D eigenvalue weighted by Gasteiger charge is -1.92. The highest BCUT2D eigenvalue weighted by Gasteiger charge is 2.06. The Bertz CT molecular complexity index is 490. The summed E-state index contributed by atoms with van der Waals surface area (Å²) in [5, 5.41) is 2.51. The molecule has 0 aliphatic heterocycles. The van der Waals surface area contributed by atoms with Crippen LogP contribution in [0.2, 0.25) is 0 Å². The molecule has 0 radical (unpaired) electrons. The zero-order valence-electron chi connectivity index (χ0n) is 7.62. The minimum Gasteiger partial charge on any atom is -0.355 e. The average Bonchev–Trinajstić information content (AvgIpc) is 2.59. The smallest absolute Gasteiger partial charge is 0.252 e. The van der Waals surface area contributed by atoms with Gasteiger partial charge in [-0.25, -0.2) is 4.39 Å². The van der Waals surface area contributed by atoms with Crippen LogP contribution in [0.3, 0.4) is 0 Å². The van der Waals surface area contributed by atoms with Gasteiger partial charge in [-0.15, -0.1) is 0 Å². The van der Waals surface area contributed by atoms with Crippen molar-refractivity contribution in [3.05, 3.63) is 42.0 Å². The van der Waals surface area contributed by atoms with Crippen LogP contribution in [0.15, 0.2) is 30.6 Å². The van der Waals surface area contributed by atoms with Gasteiger partial charge in [0, 0.05) is 25.0 Å². The molecule has 1 N–H and O–H groups in total. The van der Waals surface area contributed by atoms with E-state index in [1.54, 1.807) is 29.9 Å². The highest BCUT2D eigenvalue weighted by atomic mass is 19.1. The van der Waals surface area contributed by atoms with E-state index in [4.69, 9.17) is 0 Å². The molecule has 14 heavy (non-hydrogen) atoms. The fraction of sp³-hybridized carbons (Fsp3) is 0.100. The summed E-state index contributed by atoms with van der Waals surface area (Å²) in [7, 11) is 1.56. The molecule has 0 aromatic carbocycles. The molecule has 0 atom stereocenters. The van der Waals surface area contributed by atoms with Gasteiger partial charge in [0.1, 0.15) is 5.82 Å². The summed E-state index contributed by atoms with van der Waals surface area (Å²) in [6.07, 6.45) is 3.24. The first kappa shape index (κ1) is 8.74. The van der Waals surface area contributed by atoms with Gasteiger partial charge in [0.25, 0.3) is 5.91 Å². The molecule has 72 valence electrons. The zero-order chi connectivity index (χ0) is 10.1. The Balaban J connectivity index is 2.56. The molecule has 0 unspecified atom stereocenters. The van der Waals surface area contributed by atoms with Crippen molar-refractivity contribution in [2.45, 2.75) is 0 Å². The summed E-state index contributed by atoms with van der Waals surface area (Å²) in [5.74, 6) is -0.479. The Morgan fingerprint density at radius 3 is 3.00 bits per heavy atom. The highest BCUT2D eigenvalue weighted by molar-refractivity contribution is 5.95. The fourth-order valence-electron chi connectivity index (χ4n) is 1.35.